The summed E-state index contributed by atoms with van der Waals surface area (Å²) in [6, 6.07) is 3.81. The van der Waals surface area contributed by atoms with Gasteiger partial charge in [-0.1, -0.05) is 0 Å². The maximum absolute atomic E-state index is 5.56. The van der Waals surface area contributed by atoms with Crippen molar-refractivity contribution >= 4 is 11.0 Å². The number of benzene rings is 1. The summed E-state index contributed by atoms with van der Waals surface area (Å²) in [5, 5.41) is 0. The Morgan fingerprint density at radius 2 is 1.88 bits per heavy atom. The van der Waals surface area contributed by atoms with Crippen molar-refractivity contribution in [1.82, 2.24) is 9.55 Å². The molecule has 5 heteroatoms. The zero-order valence-electron chi connectivity index (χ0n) is 10.4. The van der Waals surface area contributed by atoms with E-state index in [1.165, 1.54) is 0 Å². The van der Waals surface area contributed by atoms with Crippen LogP contribution < -0.4 is 15.2 Å². The predicted molar refractivity (Wildman–Crippen MR) is 66.6 cm³/mol. The first-order valence-electron chi connectivity index (χ1n) is 5.48. The van der Waals surface area contributed by atoms with Crippen molar-refractivity contribution in [2.75, 3.05) is 20.8 Å². The van der Waals surface area contributed by atoms with Gasteiger partial charge < -0.3 is 19.8 Å². The highest BCUT2D eigenvalue weighted by molar-refractivity contribution is 5.80. The molecule has 1 aromatic carbocycles. The first kappa shape index (κ1) is 11.7. The molecule has 0 spiro atoms. The second-order valence-corrected chi connectivity index (χ2v) is 3.82. The molecule has 0 fully saturated rings. The molecule has 5 nitrogen and oxygen atoms in total. The van der Waals surface area contributed by atoms with Crippen LogP contribution in [0.1, 0.15) is 5.82 Å². The molecular weight excluding hydrogens is 218 g/mol. The molecule has 2 rings (SSSR count). The van der Waals surface area contributed by atoms with Crippen LogP contribution in [0.4, 0.5) is 0 Å². The molecule has 1 heterocycles. The van der Waals surface area contributed by atoms with Crippen LogP contribution in [-0.2, 0) is 13.5 Å². The van der Waals surface area contributed by atoms with Crippen molar-refractivity contribution < 1.29 is 9.47 Å². The highest BCUT2D eigenvalue weighted by atomic mass is 16.5. The average molecular weight is 235 g/mol. The Bertz CT molecular complexity index is 534. The lowest BCUT2D eigenvalue weighted by Gasteiger charge is -2.07. The van der Waals surface area contributed by atoms with E-state index in [0.717, 1.165) is 23.3 Å². The molecule has 2 N–H and O–H groups in total. The maximum Gasteiger partial charge on any atom is 0.163 e. The first-order valence-corrected chi connectivity index (χ1v) is 5.48. The summed E-state index contributed by atoms with van der Waals surface area (Å²) in [5.74, 6) is 2.37. The van der Waals surface area contributed by atoms with E-state index in [1.807, 2.05) is 23.7 Å². The summed E-state index contributed by atoms with van der Waals surface area (Å²) >= 11 is 0. The zero-order valence-corrected chi connectivity index (χ0v) is 10.4. The summed E-state index contributed by atoms with van der Waals surface area (Å²) in [4.78, 5) is 4.53. The minimum absolute atomic E-state index is 0.589. The second kappa shape index (κ2) is 4.63. The average Bonchev–Trinajstić information content (AvgIpc) is 2.65. The van der Waals surface area contributed by atoms with Crippen LogP contribution in [-0.4, -0.2) is 30.3 Å². The Morgan fingerprint density at radius 3 is 2.47 bits per heavy atom. The van der Waals surface area contributed by atoms with Crippen LogP contribution in [0.15, 0.2) is 12.1 Å². The minimum atomic E-state index is 0.589. The third kappa shape index (κ3) is 1.93. The molecule has 0 radical (unpaired) electrons. The SMILES string of the molecule is COc1cc2nc(CCN)n(C)c2cc1OC. The third-order valence-corrected chi connectivity index (χ3v) is 2.85. The molecule has 0 amide bonds. The zero-order chi connectivity index (χ0) is 12.4. The molecule has 0 saturated heterocycles. The number of aromatic nitrogens is 2. The van der Waals surface area contributed by atoms with E-state index in [1.54, 1.807) is 14.2 Å². The van der Waals surface area contributed by atoms with Gasteiger partial charge in [0.1, 0.15) is 5.82 Å². The van der Waals surface area contributed by atoms with Crippen LogP contribution in [0.3, 0.4) is 0 Å². The lowest BCUT2D eigenvalue weighted by Crippen LogP contribution is -2.07. The van der Waals surface area contributed by atoms with Gasteiger partial charge in [-0.2, -0.15) is 0 Å². The number of nitrogens with two attached hydrogens (primary N) is 1. The van der Waals surface area contributed by atoms with Crippen LogP contribution in [0, 0.1) is 0 Å². The Morgan fingerprint density at radius 1 is 1.24 bits per heavy atom. The molecule has 0 saturated carbocycles. The molecule has 1 aromatic heterocycles. The second-order valence-electron chi connectivity index (χ2n) is 3.82. The number of rotatable bonds is 4. The number of methoxy groups -OCH3 is 2. The topological polar surface area (TPSA) is 62.3 Å². The van der Waals surface area contributed by atoms with E-state index in [0.29, 0.717) is 18.0 Å². The Hall–Kier alpha value is -1.75. The van der Waals surface area contributed by atoms with E-state index in [2.05, 4.69) is 4.98 Å². The van der Waals surface area contributed by atoms with Crippen molar-refractivity contribution in [2.24, 2.45) is 12.8 Å². The summed E-state index contributed by atoms with van der Waals surface area (Å²) in [6.07, 6.45) is 0.760. The largest absolute Gasteiger partial charge is 0.493 e. The Kier molecular flexibility index (Phi) is 3.19. The van der Waals surface area contributed by atoms with Gasteiger partial charge in [-0.05, 0) is 6.54 Å². The van der Waals surface area contributed by atoms with Gasteiger partial charge in [0.05, 0.1) is 25.3 Å². The molecule has 2 aromatic rings. The quantitative estimate of drug-likeness (QED) is 0.861. The third-order valence-electron chi connectivity index (χ3n) is 2.85. The van der Waals surface area contributed by atoms with Gasteiger partial charge in [0.15, 0.2) is 11.5 Å². The Balaban J connectivity index is 2.62. The number of aryl methyl sites for hydroxylation is 1. The lowest BCUT2D eigenvalue weighted by molar-refractivity contribution is 0.355. The van der Waals surface area contributed by atoms with Gasteiger partial charge in [-0.3, -0.25) is 0 Å². The first-order chi connectivity index (χ1) is 8.21. The van der Waals surface area contributed by atoms with Crippen molar-refractivity contribution in [3.63, 3.8) is 0 Å². The normalized spacial score (nSPS) is 10.8. The van der Waals surface area contributed by atoms with Crippen molar-refractivity contribution in [3.05, 3.63) is 18.0 Å². The van der Waals surface area contributed by atoms with E-state index >= 15 is 0 Å². The highest BCUT2D eigenvalue weighted by Crippen LogP contribution is 2.31. The lowest BCUT2D eigenvalue weighted by atomic mass is 10.2. The van der Waals surface area contributed by atoms with Crippen LogP contribution in [0.2, 0.25) is 0 Å². The van der Waals surface area contributed by atoms with E-state index in [9.17, 15) is 0 Å². The molecule has 0 atom stereocenters. The fourth-order valence-corrected chi connectivity index (χ4v) is 1.92. The van der Waals surface area contributed by atoms with Crippen LogP contribution in [0.5, 0.6) is 11.5 Å². The van der Waals surface area contributed by atoms with Gasteiger partial charge >= 0.3 is 0 Å². The number of hydrogen-bond donors (Lipinski definition) is 1. The minimum Gasteiger partial charge on any atom is -0.493 e. The molecule has 0 aliphatic rings. The van der Waals surface area contributed by atoms with Gasteiger partial charge in [-0.25, -0.2) is 4.98 Å². The molecular formula is C12H17N3O2. The van der Waals surface area contributed by atoms with Gasteiger partial charge in [-0.15, -0.1) is 0 Å². The van der Waals surface area contributed by atoms with Gasteiger partial charge in [0, 0.05) is 25.6 Å². The molecule has 0 unspecified atom stereocenters. The number of imidazole rings is 1. The molecule has 0 bridgehead atoms. The summed E-state index contributed by atoms with van der Waals surface area (Å²) < 4.78 is 12.6. The maximum atomic E-state index is 5.56. The van der Waals surface area contributed by atoms with Gasteiger partial charge in [0.2, 0.25) is 0 Å². The predicted octanol–water partition coefficient (Wildman–Crippen LogP) is 1.09. The van der Waals surface area contributed by atoms with Gasteiger partial charge in [0.25, 0.3) is 0 Å². The number of ether oxygens (including phenoxy) is 2. The van der Waals surface area contributed by atoms with Crippen molar-refractivity contribution in [1.29, 1.82) is 0 Å². The summed E-state index contributed by atoms with van der Waals surface area (Å²) in [6.45, 7) is 0.589. The molecule has 17 heavy (non-hydrogen) atoms. The van der Waals surface area contributed by atoms with E-state index in [-0.39, 0.29) is 0 Å². The highest BCUT2D eigenvalue weighted by Gasteiger charge is 2.12. The van der Waals surface area contributed by atoms with Crippen molar-refractivity contribution in [3.8, 4) is 11.5 Å². The molecule has 0 aliphatic carbocycles. The Labute approximate surface area is 100 Å². The summed E-state index contributed by atoms with van der Waals surface area (Å²) in [7, 11) is 5.22. The molecule has 92 valence electrons. The standard InChI is InChI=1S/C12H17N3O2/c1-15-9-7-11(17-3)10(16-2)6-8(9)14-12(15)4-5-13/h6-7H,4-5,13H2,1-3H3. The molecule has 0 aliphatic heterocycles. The number of fused-ring (bicyclic) bond motifs is 1. The summed E-state index contributed by atoms with van der Waals surface area (Å²) in [5.41, 5.74) is 7.48. The smallest absolute Gasteiger partial charge is 0.163 e. The number of nitrogens with zero attached hydrogens (tertiary/aromatic N) is 2. The van der Waals surface area contributed by atoms with Crippen molar-refractivity contribution in [2.45, 2.75) is 6.42 Å². The van der Waals surface area contributed by atoms with E-state index in [4.69, 9.17) is 15.2 Å². The number of hydrogen-bond acceptors (Lipinski definition) is 4. The monoisotopic (exact) mass is 235 g/mol. The fraction of sp³-hybridized carbons (Fsp3) is 0.417. The van der Waals surface area contributed by atoms with E-state index < -0.39 is 0 Å². The van der Waals surface area contributed by atoms with Crippen LogP contribution >= 0.6 is 0 Å². The fourth-order valence-electron chi connectivity index (χ4n) is 1.92. The van der Waals surface area contributed by atoms with Crippen LogP contribution in [0.25, 0.3) is 11.0 Å².